The van der Waals surface area contributed by atoms with E-state index >= 15 is 0 Å². The molecule has 0 radical (unpaired) electrons. The Bertz CT molecular complexity index is 1970. The quantitative estimate of drug-likeness (QED) is 0.169. The van der Waals surface area contributed by atoms with Crippen LogP contribution in [0, 0.1) is 17.8 Å². The summed E-state index contributed by atoms with van der Waals surface area (Å²) in [6.07, 6.45) is 9.67. The maximum atomic E-state index is 14.8. The minimum absolute atomic E-state index is 0.0317. The van der Waals surface area contributed by atoms with Gasteiger partial charge < -0.3 is 8.74 Å². The lowest BCUT2D eigenvalue weighted by molar-refractivity contribution is 0.396. The molecule has 0 aliphatic heterocycles. The Morgan fingerprint density at radius 1 is 0.762 bits per heavy atom. The Morgan fingerprint density at radius 3 is 2.12 bits per heavy atom. The largest absolute Gasteiger partial charge is 0.744 e. The van der Waals surface area contributed by atoms with Gasteiger partial charge in [-0.1, -0.05) is 55.0 Å². The standard InChI is InChI=1S/C34H34O6S2/c35-41(36,37)31-12-11-30(26-7-3-4-8-27(26)31)40-42(38,39)33-29(28-18-22-9-10-24(28)17-22)19-23-5-1-2-6-25(23)32(33)34-15-13-21(20-34)14-16-34/h1-8,11-12,19,21-22,24,28H,9-10,13-18,20H2,(H,35,36,37)/p-1. The average molecular weight is 602 g/mol. The van der Waals surface area contributed by atoms with Gasteiger partial charge in [0.1, 0.15) is 15.0 Å². The first kappa shape index (κ1) is 26.7. The van der Waals surface area contributed by atoms with E-state index in [0.717, 1.165) is 79.3 Å². The fourth-order valence-electron chi connectivity index (χ4n) is 9.28. The van der Waals surface area contributed by atoms with Gasteiger partial charge in [0.25, 0.3) is 0 Å². The third-order valence-corrected chi connectivity index (χ3v) is 13.2. The van der Waals surface area contributed by atoms with E-state index in [9.17, 15) is 21.4 Å². The molecule has 0 aromatic heterocycles. The summed E-state index contributed by atoms with van der Waals surface area (Å²) in [5, 5.41) is 2.51. The minimum atomic E-state index is -4.77. The summed E-state index contributed by atoms with van der Waals surface area (Å²) in [7, 11) is -9.12. The number of rotatable bonds is 6. The van der Waals surface area contributed by atoms with Crippen LogP contribution in [0.3, 0.4) is 0 Å². The number of fused-ring (bicyclic) bond motifs is 6. The molecule has 4 aliphatic rings. The second-order valence-corrected chi connectivity index (χ2v) is 16.0. The van der Waals surface area contributed by atoms with Gasteiger partial charge in [-0.15, -0.1) is 0 Å². The van der Waals surface area contributed by atoms with Crippen LogP contribution in [-0.4, -0.2) is 21.4 Å². The van der Waals surface area contributed by atoms with E-state index in [0.29, 0.717) is 22.6 Å². The van der Waals surface area contributed by atoms with Crippen LogP contribution in [0.25, 0.3) is 21.5 Å². The Labute approximate surface area is 247 Å². The van der Waals surface area contributed by atoms with Crippen LogP contribution in [0.5, 0.6) is 5.75 Å². The van der Waals surface area contributed by atoms with Gasteiger partial charge in [-0.05, 0) is 121 Å². The van der Waals surface area contributed by atoms with Crippen LogP contribution < -0.4 is 4.18 Å². The molecule has 4 saturated carbocycles. The van der Waals surface area contributed by atoms with Crippen molar-refractivity contribution in [3.05, 3.63) is 77.9 Å². The summed E-state index contributed by atoms with van der Waals surface area (Å²) < 4.78 is 71.7. The maximum absolute atomic E-state index is 14.8. The van der Waals surface area contributed by atoms with E-state index < -0.39 is 25.1 Å². The van der Waals surface area contributed by atoms with Crippen LogP contribution in [0.2, 0.25) is 0 Å². The Hall–Kier alpha value is -2.94. The Morgan fingerprint density at radius 2 is 1.48 bits per heavy atom. The van der Waals surface area contributed by atoms with Gasteiger partial charge in [0.05, 0.1) is 4.90 Å². The summed E-state index contributed by atoms with van der Waals surface area (Å²) in [4.78, 5) is -0.0512. The SMILES string of the molecule is O=S(=O)([O-])c1ccc(OS(=O)(=O)c2c(C3CC4CCC3C4)cc3ccccc3c2C23CCC(CC2)C3)c2ccccc12. The van der Waals surface area contributed by atoms with Gasteiger partial charge in [0, 0.05) is 10.8 Å². The highest BCUT2D eigenvalue weighted by Gasteiger charge is 2.51. The number of hydrogen-bond donors (Lipinski definition) is 0. The maximum Gasteiger partial charge on any atom is 0.339 e. The molecule has 3 unspecified atom stereocenters. The molecule has 0 amide bonds. The molecular weight excluding hydrogens is 569 g/mol. The zero-order valence-corrected chi connectivity index (χ0v) is 24.9. The predicted octanol–water partition coefficient (Wildman–Crippen LogP) is 7.40. The molecule has 0 heterocycles. The molecule has 4 aliphatic carbocycles. The lowest BCUT2D eigenvalue weighted by Crippen LogP contribution is -2.27. The second-order valence-electron chi connectivity index (χ2n) is 13.2. The fourth-order valence-corrected chi connectivity index (χ4v) is 11.5. The predicted molar refractivity (Wildman–Crippen MR) is 160 cm³/mol. The highest BCUT2D eigenvalue weighted by Crippen LogP contribution is 2.60. The van der Waals surface area contributed by atoms with Crippen molar-refractivity contribution >= 4 is 41.8 Å². The lowest BCUT2D eigenvalue weighted by Gasteiger charge is -2.34. The van der Waals surface area contributed by atoms with Crippen LogP contribution in [0.1, 0.15) is 74.8 Å². The first-order valence-electron chi connectivity index (χ1n) is 15.1. The van der Waals surface area contributed by atoms with E-state index in [1.807, 2.05) is 12.1 Å². The monoisotopic (exact) mass is 601 g/mol. The Kier molecular flexibility index (Phi) is 5.89. The third kappa shape index (κ3) is 4.05. The smallest absolute Gasteiger partial charge is 0.339 e. The molecular formula is C34H33O6S2-. The summed E-state index contributed by atoms with van der Waals surface area (Å²) in [6, 6.07) is 19.2. The van der Waals surface area contributed by atoms with Crippen LogP contribution >= 0.6 is 0 Å². The molecule has 3 atom stereocenters. The summed E-state index contributed by atoms with van der Waals surface area (Å²) >= 11 is 0. The summed E-state index contributed by atoms with van der Waals surface area (Å²) in [5.41, 5.74) is 1.62. The molecule has 0 saturated heterocycles. The van der Waals surface area contributed by atoms with Gasteiger partial charge in [-0.25, -0.2) is 8.42 Å². The summed E-state index contributed by atoms with van der Waals surface area (Å²) in [5.74, 6) is 1.93. The first-order valence-corrected chi connectivity index (χ1v) is 17.9. The fraction of sp³-hybridized carbons (Fsp3) is 0.412. The lowest BCUT2D eigenvalue weighted by atomic mass is 9.73. The highest BCUT2D eigenvalue weighted by molar-refractivity contribution is 7.87. The molecule has 8 heteroatoms. The zero-order chi connectivity index (χ0) is 28.9. The van der Waals surface area contributed by atoms with Crippen LogP contribution in [-0.2, 0) is 25.7 Å². The topological polar surface area (TPSA) is 101 Å². The van der Waals surface area contributed by atoms with Gasteiger partial charge in [-0.2, -0.15) is 8.42 Å². The normalized spacial score (nSPS) is 28.7. The molecule has 8 rings (SSSR count). The van der Waals surface area contributed by atoms with E-state index in [1.54, 1.807) is 18.2 Å². The molecule has 4 aromatic rings. The van der Waals surface area contributed by atoms with E-state index in [2.05, 4.69) is 18.2 Å². The highest BCUT2D eigenvalue weighted by atomic mass is 32.2. The van der Waals surface area contributed by atoms with Crippen molar-refractivity contribution in [3.8, 4) is 5.75 Å². The van der Waals surface area contributed by atoms with Crippen molar-refractivity contribution in [3.63, 3.8) is 0 Å². The molecule has 0 spiro atoms. The van der Waals surface area contributed by atoms with E-state index in [4.69, 9.17) is 4.18 Å². The first-order chi connectivity index (χ1) is 20.1. The minimum Gasteiger partial charge on any atom is -0.744 e. The van der Waals surface area contributed by atoms with Gasteiger partial charge in [0.15, 0.2) is 5.75 Å². The molecule has 4 fully saturated rings. The number of benzene rings is 4. The van der Waals surface area contributed by atoms with Gasteiger partial charge >= 0.3 is 10.1 Å². The van der Waals surface area contributed by atoms with Crippen LogP contribution in [0.4, 0.5) is 0 Å². The third-order valence-electron chi connectivity index (χ3n) is 11.0. The van der Waals surface area contributed by atoms with Crippen molar-refractivity contribution < 1.29 is 25.6 Å². The molecule has 4 bridgehead atoms. The van der Waals surface area contributed by atoms with Crippen LogP contribution in [0.15, 0.2) is 76.5 Å². The molecule has 218 valence electrons. The Balaban J connectivity index is 1.38. The van der Waals surface area contributed by atoms with Crippen molar-refractivity contribution in [2.45, 2.75) is 78.9 Å². The summed E-state index contributed by atoms with van der Waals surface area (Å²) in [6.45, 7) is 0. The number of hydrogen-bond acceptors (Lipinski definition) is 6. The molecule has 4 aromatic carbocycles. The van der Waals surface area contributed by atoms with E-state index in [-0.39, 0.29) is 27.9 Å². The van der Waals surface area contributed by atoms with Gasteiger partial charge in [0.2, 0.25) is 0 Å². The van der Waals surface area contributed by atoms with Crippen molar-refractivity contribution in [2.75, 3.05) is 0 Å². The zero-order valence-electron chi connectivity index (χ0n) is 23.3. The molecule has 6 nitrogen and oxygen atoms in total. The molecule has 42 heavy (non-hydrogen) atoms. The van der Waals surface area contributed by atoms with E-state index in [1.165, 1.54) is 18.6 Å². The van der Waals surface area contributed by atoms with Crippen molar-refractivity contribution in [2.24, 2.45) is 17.8 Å². The molecule has 0 N–H and O–H groups in total. The van der Waals surface area contributed by atoms with Crippen molar-refractivity contribution in [1.29, 1.82) is 0 Å². The van der Waals surface area contributed by atoms with Gasteiger partial charge in [-0.3, -0.25) is 0 Å². The average Bonchev–Trinajstić information content (AvgIpc) is 3.78. The van der Waals surface area contributed by atoms with Crippen molar-refractivity contribution in [1.82, 2.24) is 0 Å². The second kappa shape index (κ2) is 9.28.